The first kappa shape index (κ1) is 38.5. The van der Waals surface area contributed by atoms with Crippen molar-refractivity contribution < 1.29 is 38.1 Å². The number of fused-ring (bicyclic) bond motifs is 4. The van der Waals surface area contributed by atoms with Crippen molar-refractivity contribution >= 4 is 74.3 Å². The Morgan fingerprint density at radius 1 is 0.690 bits per heavy atom. The first-order valence-corrected chi connectivity index (χ1v) is 19.8. The van der Waals surface area contributed by atoms with Crippen molar-refractivity contribution in [2.24, 2.45) is 9.98 Å². The molecule has 4 aliphatic heterocycles. The van der Waals surface area contributed by atoms with Gasteiger partial charge < -0.3 is 38.8 Å². The lowest BCUT2D eigenvalue weighted by atomic mass is 10.0. The fourth-order valence-corrected chi connectivity index (χ4v) is 7.47. The van der Waals surface area contributed by atoms with Crippen LogP contribution in [0.4, 0.5) is 17.1 Å². The van der Waals surface area contributed by atoms with Gasteiger partial charge in [0.1, 0.15) is 5.75 Å². The van der Waals surface area contributed by atoms with Crippen LogP contribution >= 0.6 is 15.9 Å². The number of hydrogen-bond donors (Lipinski definition) is 1. The Morgan fingerprint density at radius 3 is 1.62 bits per heavy atom. The highest BCUT2D eigenvalue weighted by Gasteiger charge is 2.35. The van der Waals surface area contributed by atoms with E-state index in [0.717, 1.165) is 28.0 Å². The van der Waals surface area contributed by atoms with Crippen molar-refractivity contribution in [1.29, 1.82) is 0 Å². The van der Waals surface area contributed by atoms with E-state index in [2.05, 4.69) is 21.2 Å². The predicted octanol–water partition coefficient (Wildman–Crippen LogP) is 7.84. The minimum Gasteiger partial charge on any atom is -0.497 e. The van der Waals surface area contributed by atoms with Gasteiger partial charge in [-0.05, 0) is 58.7 Å². The molecule has 0 saturated heterocycles. The fraction of sp³-hybridized carbons (Fsp3) is 0.250. The molecule has 0 bridgehead atoms. The van der Waals surface area contributed by atoms with Gasteiger partial charge in [0.15, 0.2) is 23.0 Å². The summed E-state index contributed by atoms with van der Waals surface area (Å²) in [6.07, 6.45) is 9.09. The Labute approximate surface area is 343 Å². The Kier molecular flexibility index (Phi) is 11.0. The number of rotatable bonds is 13. The van der Waals surface area contributed by atoms with Crippen molar-refractivity contribution in [3.63, 3.8) is 0 Å². The van der Waals surface area contributed by atoms with Gasteiger partial charge in [-0.25, -0.2) is 0 Å². The zero-order valence-corrected chi connectivity index (χ0v) is 33.7. The summed E-state index contributed by atoms with van der Waals surface area (Å²) in [4.78, 5) is 52.1. The lowest BCUT2D eigenvalue weighted by Gasteiger charge is -2.19. The van der Waals surface area contributed by atoms with Crippen molar-refractivity contribution in [3.8, 4) is 28.7 Å². The topological polar surface area (TPSA) is 141 Å². The number of amides is 3. The predicted molar refractivity (Wildman–Crippen MR) is 225 cm³/mol. The Morgan fingerprint density at radius 2 is 1.17 bits per heavy atom. The quantitative estimate of drug-likeness (QED) is 0.106. The number of anilines is 1. The van der Waals surface area contributed by atoms with Crippen molar-refractivity contribution in [2.45, 2.75) is 31.3 Å². The van der Waals surface area contributed by atoms with Crippen LogP contribution in [-0.2, 0) is 4.79 Å². The molecule has 2 atom stereocenters. The van der Waals surface area contributed by atoms with E-state index in [1.807, 2.05) is 60.9 Å². The Balaban J connectivity index is 0.894. The van der Waals surface area contributed by atoms with Crippen LogP contribution in [0.25, 0.3) is 11.1 Å². The average molecular weight is 847 g/mol. The zero-order valence-electron chi connectivity index (χ0n) is 32.1. The minimum atomic E-state index is -0.254. The van der Waals surface area contributed by atoms with Crippen LogP contribution < -0.4 is 29.0 Å². The monoisotopic (exact) mass is 845 g/mol. The number of ether oxygens (including phenoxy) is 5. The number of alkyl halides is 1. The second-order valence-electron chi connectivity index (χ2n) is 13.9. The van der Waals surface area contributed by atoms with Crippen LogP contribution in [0.15, 0.2) is 95.2 Å². The molecule has 296 valence electrons. The van der Waals surface area contributed by atoms with Gasteiger partial charge >= 0.3 is 0 Å². The van der Waals surface area contributed by atoms with E-state index in [0.29, 0.717) is 77.1 Å². The second kappa shape index (κ2) is 16.6. The van der Waals surface area contributed by atoms with E-state index in [4.69, 9.17) is 33.7 Å². The number of carbonyl (C=O) groups is 3. The molecular weight excluding hydrogens is 806 g/mol. The number of nitrogens with zero attached hydrogens (tertiary/aromatic N) is 4. The van der Waals surface area contributed by atoms with Crippen LogP contribution in [0, 0.1) is 0 Å². The van der Waals surface area contributed by atoms with E-state index in [1.165, 1.54) is 14.2 Å². The molecule has 4 aromatic carbocycles. The van der Waals surface area contributed by atoms with Crippen LogP contribution in [0.1, 0.15) is 51.1 Å². The van der Waals surface area contributed by atoms with Crippen LogP contribution in [0.5, 0.6) is 28.7 Å². The molecular formula is C44H40BrN5O8. The maximum absolute atomic E-state index is 13.8. The van der Waals surface area contributed by atoms with E-state index < -0.39 is 0 Å². The Hall–Kier alpha value is -6.41. The Bertz CT molecular complexity index is 2390. The van der Waals surface area contributed by atoms with Gasteiger partial charge in [0.2, 0.25) is 5.91 Å². The summed E-state index contributed by atoms with van der Waals surface area (Å²) in [5, 5.41) is 3.03. The van der Waals surface area contributed by atoms with Crippen molar-refractivity contribution in [1.82, 2.24) is 9.80 Å². The number of halogens is 1. The lowest BCUT2D eigenvalue weighted by molar-refractivity contribution is -0.113. The van der Waals surface area contributed by atoms with Gasteiger partial charge in [-0.1, -0.05) is 40.2 Å². The van der Waals surface area contributed by atoms with Gasteiger partial charge in [0.25, 0.3) is 11.8 Å². The maximum Gasteiger partial charge on any atom is 0.260 e. The molecule has 0 spiro atoms. The van der Waals surface area contributed by atoms with Crippen molar-refractivity contribution in [2.75, 3.05) is 45.2 Å². The summed E-state index contributed by atoms with van der Waals surface area (Å²) in [6.45, 7) is 0.578. The normalized spacial score (nSPS) is 17.6. The number of aliphatic imine (C=N–C) groups is 2. The summed E-state index contributed by atoms with van der Waals surface area (Å²) in [6, 6.07) is 21.7. The van der Waals surface area contributed by atoms with Crippen molar-refractivity contribution in [3.05, 3.63) is 107 Å². The molecule has 0 aromatic heterocycles. The third-order valence-corrected chi connectivity index (χ3v) is 10.9. The van der Waals surface area contributed by atoms with E-state index in [9.17, 15) is 14.4 Å². The summed E-state index contributed by atoms with van der Waals surface area (Å²) >= 11 is 3.16. The number of methoxy groups -OCH3 is 3. The molecule has 4 aliphatic rings. The minimum absolute atomic E-state index is 0.131. The summed E-state index contributed by atoms with van der Waals surface area (Å²) in [7, 11) is 4.70. The third-order valence-electron chi connectivity index (χ3n) is 10.4. The third kappa shape index (κ3) is 7.67. The number of carbonyl (C=O) groups excluding carboxylic acids is 3. The van der Waals surface area contributed by atoms with E-state index in [-0.39, 0.29) is 41.7 Å². The number of benzene rings is 4. The number of nitrogens with one attached hydrogen (secondary N) is 1. The summed E-state index contributed by atoms with van der Waals surface area (Å²) in [5.41, 5.74) is 6.54. The molecule has 0 unspecified atom stereocenters. The highest BCUT2D eigenvalue weighted by Crippen LogP contribution is 2.42. The van der Waals surface area contributed by atoms with Crippen LogP contribution in [0.3, 0.4) is 0 Å². The molecule has 1 N–H and O–H groups in total. The maximum atomic E-state index is 13.8. The first-order valence-electron chi connectivity index (χ1n) is 18.7. The molecule has 0 fully saturated rings. The van der Waals surface area contributed by atoms with Gasteiger partial charge in [-0.3, -0.25) is 24.4 Å². The SMILES string of the molecule is COc1ccc(C2=CN3C(=O)c4cc(OC)c(OCCCOc5cc6c(cc5OC)C(=O)N5C=C(c7ccc(NC(=O)CBr)cc7)C[C@H]5C=N6)cc4N=C[C@@H]3C2)cc1. The number of hydrogen-bond acceptors (Lipinski definition) is 10. The van der Waals surface area contributed by atoms with Crippen LogP contribution in [-0.4, -0.2) is 91.9 Å². The summed E-state index contributed by atoms with van der Waals surface area (Å²) < 4.78 is 28.8. The summed E-state index contributed by atoms with van der Waals surface area (Å²) in [5.74, 6) is 2.04. The van der Waals surface area contributed by atoms with E-state index >= 15 is 0 Å². The van der Waals surface area contributed by atoms with E-state index in [1.54, 1.807) is 53.6 Å². The van der Waals surface area contributed by atoms with Gasteiger partial charge in [0.05, 0.1) is 74.5 Å². The molecule has 0 aliphatic carbocycles. The van der Waals surface area contributed by atoms with Gasteiger partial charge in [-0.2, -0.15) is 0 Å². The smallest absolute Gasteiger partial charge is 0.260 e. The lowest BCUT2D eigenvalue weighted by Crippen LogP contribution is -2.32. The van der Waals surface area contributed by atoms with Gasteiger partial charge in [0, 0.05) is 61.9 Å². The molecule has 4 heterocycles. The van der Waals surface area contributed by atoms with Gasteiger partial charge in [-0.15, -0.1) is 0 Å². The largest absolute Gasteiger partial charge is 0.497 e. The second-order valence-corrected chi connectivity index (χ2v) is 14.5. The molecule has 14 heteroatoms. The average Bonchev–Trinajstić information content (AvgIpc) is 3.83. The highest BCUT2D eigenvalue weighted by atomic mass is 79.9. The molecule has 0 radical (unpaired) electrons. The van der Waals surface area contributed by atoms with Crippen LogP contribution in [0.2, 0.25) is 0 Å². The first-order chi connectivity index (χ1) is 28.3. The fourth-order valence-electron chi connectivity index (χ4n) is 7.33. The molecule has 8 rings (SSSR count). The molecule has 58 heavy (non-hydrogen) atoms. The molecule has 0 saturated carbocycles. The molecule has 4 aromatic rings. The molecule has 13 nitrogen and oxygen atoms in total. The molecule has 3 amide bonds. The zero-order chi connectivity index (χ0) is 40.3. The highest BCUT2D eigenvalue weighted by molar-refractivity contribution is 9.09. The standard InChI is InChI=1S/C44H40BrN5O8/c1-54-33-11-7-27(8-12-33)29-16-32-23-47-37-20-41(39(56-3)18-35(37)44(53)50(32)25-29)58-14-4-13-57-40-19-36-34(17-38(40)55-2)43(52)49-24-28(15-31(49)22-46-36)26-5-9-30(10-6-26)48-42(51)21-45/h5-12,17-20,22-25,31-32H,4,13-16,21H2,1-3H3,(H,48,51)/t31-,32-/m0/s1.